The summed E-state index contributed by atoms with van der Waals surface area (Å²) in [6.45, 7) is 1.83. The summed E-state index contributed by atoms with van der Waals surface area (Å²) in [7, 11) is 0. The molecule has 1 unspecified atom stereocenters. The number of halogens is 1. The van der Waals surface area contributed by atoms with E-state index in [9.17, 15) is 4.39 Å². The lowest BCUT2D eigenvalue weighted by Gasteiger charge is -2.26. The van der Waals surface area contributed by atoms with Crippen molar-refractivity contribution < 1.29 is 4.39 Å². The van der Waals surface area contributed by atoms with Crippen LogP contribution in [0, 0.1) is 0 Å². The quantitative estimate of drug-likeness (QED) is 0.656. The zero-order valence-corrected chi connectivity index (χ0v) is 9.53. The van der Waals surface area contributed by atoms with Crippen molar-refractivity contribution in [2.45, 2.75) is 57.0 Å². The number of nitrogens with one attached hydrogen (secondary N) is 1. The van der Waals surface area contributed by atoms with Crippen LogP contribution in [0.4, 0.5) is 4.39 Å². The molecule has 1 nitrogen and oxygen atoms in total. The Balaban J connectivity index is 2.07. The fourth-order valence-electron chi connectivity index (χ4n) is 2.77. The van der Waals surface area contributed by atoms with Gasteiger partial charge >= 0.3 is 0 Å². The van der Waals surface area contributed by atoms with Crippen molar-refractivity contribution in [2.75, 3.05) is 13.1 Å². The molecular weight excluding hydrogens is 189 g/mol. The van der Waals surface area contributed by atoms with Crippen molar-refractivity contribution >= 4 is 0 Å². The van der Waals surface area contributed by atoms with Crippen LogP contribution in [-0.4, -0.2) is 18.8 Å². The average Bonchev–Trinajstić information content (AvgIpc) is 2.60. The van der Waals surface area contributed by atoms with E-state index < -0.39 is 5.67 Å². The topological polar surface area (TPSA) is 12.0 Å². The van der Waals surface area contributed by atoms with E-state index >= 15 is 0 Å². The molecule has 0 amide bonds. The molecule has 0 saturated carbocycles. The molecule has 1 aliphatic heterocycles. The minimum absolute atomic E-state index is 0.679. The van der Waals surface area contributed by atoms with Gasteiger partial charge in [-0.3, -0.25) is 0 Å². The molecule has 0 aromatic heterocycles. The van der Waals surface area contributed by atoms with Crippen molar-refractivity contribution in [3.05, 3.63) is 11.6 Å². The first-order valence-corrected chi connectivity index (χ1v) is 6.40. The molecule has 15 heavy (non-hydrogen) atoms. The van der Waals surface area contributed by atoms with Crippen LogP contribution in [-0.2, 0) is 0 Å². The summed E-state index contributed by atoms with van der Waals surface area (Å²) in [5.41, 5.74) is 0.136. The summed E-state index contributed by atoms with van der Waals surface area (Å²) in [5.74, 6) is 0. The predicted molar refractivity (Wildman–Crippen MR) is 61.7 cm³/mol. The lowest BCUT2D eigenvalue weighted by atomic mass is 9.85. The van der Waals surface area contributed by atoms with Gasteiger partial charge in [-0.25, -0.2) is 4.39 Å². The van der Waals surface area contributed by atoms with Crippen LogP contribution in [0.3, 0.4) is 0 Å². The molecule has 86 valence electrons. The standard InChI is InChI=1S/C13H22FN/c14-13(8-5-10-15-11-9-13)12-6-3-1-2-4-7-12/h6,15H,1-5,7-11H2. The third-order valence-electron chi connectivity index (χ3n) is 3.74. The summed E-state index contributed by atoms with van der Waals surface area (Å²) in [6, 6.07) is 0. The Morgan fingerprint density at radius 3 is 2.93 bits per heavy atom. The Morgan fingerprint density at radius 2 is 2.00 bits per heavy atom. The maximum absolute atomic E-state index is 14.8. The van der Waals surface area contributed by atoms with Crippen LogP contribution in [0.1, 0.15) is 51.4 Å². The minimum atomic E-state index is -0.978. The first-order valence-electron chi connectivity index (χ1n) is 6.40. The largest absolute Gasteiger partial charge is 0.317 e. The molecule has 1 N–H and O–H groups in total. The van der Waals surface area contributed by atoms with Gasteiger partial charge in [0.1, 0.15) is 5.67 Å². The highest BCUT2D eigenvalue weighted by Gasteiger charge is 2.34. The smallest absolute Gasteiger partial charge is 0.133 e. The zero-order valence-electron chi connectivity index (χ0n) is 9.53. The molecule has 0 aromatic carbocycles. The summed E-state index contributed by atoms with van der Waals surface area (Å²) < 4.78 is 14.8. The summed E-state index contributed by atoms with van der Waals surface area (Å²) >= 11 is 0. The van der Waals surface area contributed by atoms with E-state index in [1.807, 2.05) is 0 Å². The first kappa shape index (κ1) is 11.1. The molecule has 1 aliphatic carbocycles. The Bertz CT molecular complexity index is 227. The van der Waals surface area contributed by atoms with Crippen LogP contribution in [0.2, 0.25) is 0 Å². The normalized spacial score (nSPS) is 34.1. The summed E-state index contributed by atoms with van der Waals surface area (Å²) in [5, 5.41) is 3.29. The molecule has 0 spiro atoms. The monoisotopic (exact) mass is 211 g/mol. The predicted octanol–water partition coefficient (Wildman–Crippen LogP) is 3.36. The Hall–Kier alpha value is -0.370. The molecule has 1 heterocycles. The lowest BCUT2D eigenvalue weighted by Crippen LogP contribution is -2.27. The minimum Gasteiger partial charge on any atom is -0.317 e. The van der Waals surface area contributed by atoms with Gasteiger partial charge in [-0.15, -0.1) is 0 Å². The zero-order chi connectivity index (χ0) is 10.6. The average molecular weight is 211 g/mol. The molecule has 0 bridgehead atoms. The Morgan fingerprint density at radius 1 is 1.07 bits per heavy atom. The van der Waals surface area contributed by atoms with Crippen molar-refractivity contribution in [1.82, 2.24) is 5.32 Å². The van der Waals surface area contributed by atoms with E-state index in [1.54, 1.807) is 0 Å². The third-order valence-corrected chi connectivity index (χ3v) is 3.74. The van der Waals surface area contributed by atoms with Crippen LogP contribution in [0.25, 0.3) is 0 Å². The van der Waals surface area contributed by atoms with Gasteiger partial charge < -0.3 is 5.32 Å². The van der Waals surface area contributed by atoms with Crippen molar-refractivity contribution in [1.29, 1.82) is 0 Å². The van der Waals surface area contributed by atoms with E-state index in [2.05, 4.69) is 11.4 Å². The van der Waals surface area contributed by atoms with Gasteiger partial charge in [0.2, 0.25) is 0 Å². The van der Waals surface area contributed by atoms with Gasteiger partial charge in [-0.2, -0.15) is 0 Å². The first-order chi connectivity index (χ1) is 7.31. The van der Waals surface area contributed by atoms with E-state index in [4.69, 9.17) is 0 Å². The fraction of sp³-hybridized carbons (Fsp3) is 0.846. The second-order valence-corrected chi connectivity index (χ2v) is 4.90. The van der Waals surface area contributed by atoms with Crippen molar-refractivity contribution in [2.24, 2.45) is 0 Å². The van der Waals surface area contributed by atoms with Gasteiger partial charge in [0, 0.05) is 0 Å². The SMILES string of the molecule is FC1(C2=CCCCCC2)CCCNCC1. The highest BCUT2D eigenvalue weighted by Crippen LogP contribution is 2.36. The van der Waals surface area contributed by atoms with Gasteiger partial charge in [0.25, 0.3) is 0 Å². The lowest BCUT2D eigenvalue weighted by molar-refractivity contribution is 0.185. The van der Waals surface area contributed by atoms with E-state index in [0.29, 0.717) is 6.42 Å². The second-order valence-electron chi connectivity index (χ2n) is 4.90. The van der Waals surface area contributed by atoms with E-state index in [1.165, 1.54) is 19.3 Å². The van der Waals surface area contributed by atoms with Crippen LogP contribution < -0.4 is 5.32 Å². The number of alkyl halides is 1. The van der Waals surface area contributed by atoms with Gasteiger partial charge in [0.15, 0.2) is 0 Å². The fourth-order valence-corrected chi connectivity index (χ4v) is 2.77. The number of hydrogen-bond donors (Lipinski definition) is 1. The molecule has 1 atom stereocenters. The molecule has 0 aromatic rings. The second kappa shape index (κ2) is 5.11. The molecule has 2 aliphatic rings. The highest BCUT2D eigenvalue weighted by atomic mass is 19.1. The van der Waals surface area contributed by atoms with Gasteiger partial charge in [-0.1, -0.05) is 12.5 Å². The Labute approximate surface area is 92.1 Å². The maximum Gasteiger partial charge on any atom is 0.133 e. The van der Waals surface area contributed by atoms with Gasteiger partial charge in [-0.05, 0) is 63.6 Å². The van der Waals surface area contributed by atoms with E-state index in [0.717, 1.165) is 44.3 Å². The summed E-state index contributed by atoms with van der Waals surface area (Å²) in [6.07, 6.45) is 10.4. The van der Waals surface area contributed by atoms with E-state index in [-0.39, 0.29) is 0 Å². The Kier molecular flexibility index (Phi) is 3.79. The van der Waals surface area contributed by atoms with Crippen LogP contribution in [0.15, 0.2) is 11.6 Å². The van der Waals surface area contributed by atoms with Crippen molar-refractivity contribution in [3.8, 4) is 0 Å². The highest BCUT2D eigenvalue weighted by molar-refractivity contribution is 5.18. The molecule has 1 saturated heterocycles. The molecule has 2 heteroatoms. The van der Waals surface area contributed by atoms with Gasteiger partial charge in [0.05, 0.1) is 0 Å². The molecular formula is C13H22FN. The number of rotatable bonds is 1. The molecule has 2 rings (SSSR count). The van der Waals surface area contributed by atoms with Crippen LogP contribution in [0.5, 0.6) is 0 Å². The van der Waals surface area contributed by atoms with Crippen molar-refractivity contribution in [3.63, 3.8) is 0 Å². The molecule has 0 radical (unpaired) electrons. The van der Waals surface area contributed by atoms with Crippen LogP contribution >= 0.6 is 0 Å². The number of allylic oxidation sites excluding steroid dienone is 2. The number of hydrogen-bond acceptors (Lipinski definition) is 1. The third kappa shape index (κ3) is 2.81. The summed E-state index contributed by atoms with van der Waals surface area (Å²) in [4.78, 5) is 0. The maximum atomic E-state index is 14.8. The molecule has 1 fully saturated rings.